The first-order chi connectivity index (χ1) is 12.2. The van der Waals surface area contributed by atoms with E-state index in [1.54, 1.807) is 11.3 Å². The van der Waals surface area contributed by atoms with Crippen LogP contribution in [0.3, 0.4) is 0 Å². The van der Waals surface area contributed by atoms with Gasteiger partial charge in [-0.2, -0.15) is 5.26 Å². The lowest BCUT2D eigenvalue weighted by molar-refractivity contribution is -0.919. The van der Waals surface area contributed by atoms with Crippen LogP contribution in [-0.4, -0.2) is 24.5 Å². The summed E-state index contributed by atoms with van der Waals surface area (Å²) in [6, 6.07) is 9.07. The average Bonchev–Trinajstić information content (AvgIpc) is 3.36. The van der Waals surface area contributed by atoms with Crippen LogP contribution in [0, 0.1) is 11.3 Å². The minimum Gasteiger partial charge on any atom is -0.333 e. The van der Waals surface area contributed by atoms with E-state index in [-0.39, 0.29) is 11.9 Å². The van der Waals surface area contributed by atoms with E-state index in [4.69, 9.17) is 0 Å². The van der Waals surface area contributed by atoms with E-state index in [1.807, 2.05) is 11.3 Å². The van der Waals surface area contributed by atoms with Gasteiger partial charge in [-0.15, -0.1) is 22.7 Å². The molecule has 2 atom stereocenters. The summed E-state index contributed by atoms with van der Waals surface area (Å²) in [7, 11) is 0. The molecule has 1 aliphatic carbocycles. The maximum absolute atomic E-state index is 12.7. The standard InChI is InChI=1S/C19H21N3OS2/c20-13-19(7-1-2-8-19)21-17(23)12-22-9-5-15-14(6-11-25-15)18(22)16-4-3-10-24-16/h3-4,6,10-11,18H,1-2,5,7-9,12H2,(H,21,23)/p+1/t18-/m1/s1. The van der Waals surface area contributed by atoms with Gasteiger partial charge in [0.25, 0.3) is 5.91 Å². The molecule has 0 radical (unpaired) electrons. The Kier molecular flexibility index (Phi) is 4.63. The Morgan fingerprint density at radius 3 is 2.88 bits per heavy atom. The summed E-state index contributed by atoms with van der Waals surface area (Å²) >= 11 is 3.59. The molecule has 0 saturated heterocycles. The third kappa shape index (κ3) is 3.24. The molecule has 3 heterocycles. The van der Waals surface area contributed by atoms with Crippen LogP contribution in [0.25, 0.3) is 0 Å². The van der Waals surface area contributed by atoms with Crippen molar-refractivity contribution in [3.05, 3.63) is 44.3 Å². The second kappa shape index (κ2) is 6.91. The molecule has 1 unspecified atom stereocenters. The Morgan fingerprint density at radius 2 is 2.16 bits per heavy atom. The van der Waals surface area contributed by atoms with Gasteiger partial charge < -0.3 is 10.2 Å². The molecule has 4 nitrogen and oxygen atoms in total. The monoisotopic (exact) mass is 372 g/mol. The maximum atomic E-state index is 12.7. The summed E-state index contributed by atoms with van der Waals surface area (Å²) in [6.07, 6.45) is 4.66. The first kappa shape index (κ1) is 16.8. The van der Waals surface area contributed by atoms with Crippen LogP contribution in [0.4, 0.5) is 0 Å². The van der Waals surface area contributed by atoms with Gasteiger partial charge in [0.2, 0.25) is 0 Å². The zero-order valence-electron chi connectivity index (χ0n) is 14.1. The molecule has 25 heavy (non-hydrogen) atoms. The lowest BCUT2D eigenvalue weighted by Gasteiger charge is -2.32. The number of carbonyl (C=O) groups is 1. The molecule has 0 aromatic carbocycles. The second-order valence-corrected chi connectivity index (χ2v) is 9.01. The highest BCUT2D eigenvalue weighted by Gasteiger charge is 2.39. The van der Waals surface area contributed by atoms with Gasteiger partial charge >= 0.3 is 0 Å². The maximum Gasteiger partial charge on any atom is 0.276 e. The van der Waals surface area contributed by atoms with E-state index in [2.05, 4.69) is 40.3 Å². The Labute approximate surface area is 156 Å². The highest BCUT2D eigenvalue weighted by atomic mass is 32.1. The molecule has 4 rings (SSSR count). The van der Waals surface area contributed by atoms with E-state index < -0.39 is 5.54 Å². The van der Waals surface area contributed by atoms with E-state index in [9.17, 15) is 10.1 Å². The fourth-order valence-corrected chi connectivity index (χ4v) is 6.03. The van der Waals surface area contributed by atoms with Crippen molar-refractivity contribution in [1.29, 1.82) is 5.26 Å². The SMILES string of the molecule is N#CC1(NC(=O)C[NH+]2CCc3sccc3[C@@H]2c2cccs2)CCCC1. The molecule has 1 saturated carbocycles. The van der Waals surface area contributed by atoms with Gasteiger partial charge in [-0.1, -0.05) is 6.07 Å². The fraction of sp³-hybridized carbons (Fsp3) is 0.474. The van der Waals surface area contributed by atoms with Gasteiger partial charge in [-0.25, -0.2) is 0 Å². The zero-order chi connectivity index (χ0) is 17.3. The first-order valence-electron chi connectivity index (χ1n) is 8.87. The summed E-state index contributed by atoms with van der Waals surface area (Å²) in [4.78, 5) is 16.8. The molecular weight excluding hydrogens is 350 g/mol. The summed E-state index contributed by atoms with van der Waals surface area (Å²) in [5.41, 5.74) is 0.746. The molecule has 130 valence electrons. The van der Waals surface area contributed by atoms with Crippen molar-refractivity contribution in [2.45, 2.75) is 43.7 Å². The summed E-state index contributed by atoms with van der Waals surface area (Å²) in [5.74, 6) is 0.0127. The second-order valence-electron chi connectivity index (χ2n) is 7.03. The van der Waals surface area contributed by atoms with Crippen molar-refractivity contribution in [1.82, 2.24) is 5.32 Å². The largest absolute Gasteiger partial charge is 0.333 e. The van der Waals surface area contributed by atoms with Crippen molar-refractivity contribution in [2.75, 3.05) is 13.1 Å². The lowest BCUT2D eigenvalue weighted by Crippen LogP contribution is -3.14. The van der Waals surface area contributed by atoms with Crippen molar-refractivity contribution in [2.24, 2.45) is 0 Å². The number of nitrogens with one attached hydrogen (secondary N) is 2. The minimum atomic E-state index is -0.627. The molecule has 2 N–H and O–H groups in total. The molecule has 2 aromatic rings. The third-order valence-electron chi connectivity index (χ3n) is 5.44. The van der Waals surface area contributed by atoms with Crippen LogP contribution in [0.5, 0.6) is 0 Å². The van der Waals surface area contributed by atoms with E-state index in [1.165, 1.54) is 20.2 Å². The number of nitrogens with zero attached hydrogens (tertiary/aromatic N) is 1. The number of thiophene rings is 2. The van der Waals surface area contributed by atoms with Gasteiger partial charge in [0.05, 0.1) is 17.5 Å². The Bertz CT molecular complexity index is 784. The van der Waals surface area contributed by atoms with Gasteiger partial charge in [0, 0.05) is 16.9 Å². The van der Waals surface area contributed by atoms with Gasteiger partial charge in [-0.3, -0.25) is 4.79 Å². The number of hydrogen-bond acceptors (Lipinski definition) is 4. The van der Waals surface area contributed by atoms with Crippen molar-refractivity contribution in [3.8, 4) is 6.07 Å². The number of quaternary nitrogens is 1. The Balaban J connectivity index is 1.53. The van der Waals surface area contributed by atoms with Crippen LogP contribution in [-0.2, 0) is 11.2 Å². The molecule has 1 amide bonds. The van der Waals surface area contributed by atoms with Gasteiger partial charge in [-0.05, 0) is 48.6 Å². The minimum absolute atomic E-state index is 0.0127. The highest BCUT2D eigenvalue weighted by molar-refractivity contribution is 7.10. The number of carbonyl (C=O) groups excluding carboxylic acids is 1. The van der Waals surface area contributed by atoms with Crippen molar-refractivity contribution in [3.63, 3.8) is 0 Å². The Hall–Kier alpha value is -1.68. The highest BCUT2D eigenvalue weighted by Crippen LogP contribution is 2.32. The first-order valence-corrected chi connectivity index (χ1v) is 10.6. The molecule has 6 heteroatoms. The van der Waals surface area contributed by atoms with Crippen molar-refractivity contribution >= 4 is 28.6 Å². The lowest BCUT2D eigenvalue weighted by atomic mass is 9.97. The van der Waals surface area contributed by atoms with E-state index in [0.717, 1.165) is 38.6 Å². The molecule has 2 aromatic heterocycles. The summed E-state index contributed by atoms with van der Waals surface area (Å²) in [6.45, 7) is 1.39. The molecule has 1 aliphatic heterocycles. The van der Waals surface area contributed by atoms with E-state index >= 15 is 0 Å². The molecule has 0 spiro atoms. The topological polar surface area (TPSA) is 57.3 Å². The quantitative estimate of drug-likeness (QED) is 0.865. The predicted octanol–water partition coefficient (Wildman–Crippen LogP) is 2.29. The number of rotatable bonds is 4. The summed E-state index contributed by atoms with van der Waals surface area (Å²) in [5, 5.41) is 16.8. The molecule has 1 fully saturated rings. The van der Waals surface area contributed by atoms with Gasteiger partial charge in [0.1, 0.15) is 11.6 Å². The third-order valence-corrected chi connectivity index (χ3v) is 7.37. The number of hydrogen-bond donors (Lipinski definition) is 2. The van der Waals surface area contributed by atoms with Crippen LogP contribution in [0.1, 0.15) is 47.0 Å². The van der Waals surface area contributed by atoms with Gasteiger partial charge in [0.15, 0.2) is 6.54 Å². The fourth-order valence-electron chi connectivity index (χ4n) is 4.21. The molecular formula is C19H22N3OS2+. The Morgan fingerprint density at radius 1 is 1.32 bits per heavy atom. The van der Waals surface area contributed by atoms with Crippen LogP contribution < -0.4 is 10.2 Å². The molecule has 0 bridgehead atoms. The number of amides is 1. The number of nitriles is 1. The van der Waals surface area contributed by atoms with Crippen LogP contribution in [0.15, 0.2) is 29.0 Å². The summed E-state index contributed by atoms with van der Waals surface area (Å²) < 4.78 is 0. The zero-order valence-corrected chi connectivity index (χ0v) is 15.7. The molecule has 2 aliphatic rings. The average molecular weight is 373 g/mol. The van der Waals surface area contributed by atoms with Crippen LogP contribution in [0.2, 0.25) is 0 Å². The normalized spacial score (nSPS) is 24.4. The predicted molar refractivity (Wildman–Crippen MR) is 99.8 cm³/mol. The number of fused-ring (bicyclic) bond motifs is 1. The smallest absolute Gasteiger partial charge is 0.276 e. The van der Waals surface area contributed by atoms with Crippen LogP contribution >= 0.6 is 22.7 Å². The van der Waals surface area contributed by atoms with E-state index in [0.29, 0.717) is 6.54 Å². The van der Waals surface area contributed by atoms with Crippen molar-refractivity contribution < 1.29 is 9.69 Å².